The zero-order valence-corrected chi connectivity index (χ0v) is 12.9. The fourth-order valence-electron chi connectivity index (χ4n) is 1.78. The Kier molecular flexibility index (Phi) is 5.65. The number of rotatable bonds is 6. The highest BCUT2D eigenvalue weighted by Gasteiger charge is 2.29. The number of amides is 2. The van der Waals surface area contributed by atoms with E-state index in [2.05, 4.69) is 5.32 Å². The number of furan rings is 1. The van der Waals surface area contributed by atoms with E-state index in [4.69, 9.17) is 9.15 Å². The molecule has 0 atom stereocenters. The molecule has 22 heavy (non-hydrogen) atoms. The van der Waals surface area contributed by atoms with Gasteiger partial charge in [0.15, 0.2) is 0 Å². The smallest absolute Gasteiger partial charge is 0.333 e. The number of esters is 1. The van der Waals surface area contributed by atoms with E-state index in [1.54, 1.807) is 19.1 Å². The average molecular weight is 324 g/mol. The molecule has 1 aromatic rings. The fourth-order valence-corrected chi connectivity index (χ4v) is 2.71. The second-order valence-electron chi connectivity index (χ2n) is 4.36. The van der Waals surface area contributed by atoms with Crippen molar-refractivity contribution >= 4 is 29.5 Å². The van der Waals surface area contributed by atoms with Crippen LogP contribution in [0.4, 0.5) is 0 Å². The molecule has 0 aromatic carbocycles. The van der Waals surface area contributed by atoms with Crippen LogP contribution in [0.3, 0.4) is 0 Å². The first-order valence-electron chi connectivity index (χ1n) is 6.71. The molecule has 7 nitrogen and oxygen atoms in total. The molecule has 1 fully saturated rings. The van der Waals surface area contributed by atoms with Gasteiger partial charge in [-0.1, -0.05) is 11.8 Å². The van der Waals surface area contributed by atoms with Crippen LogP contribution in [0.1, 0.15) is 12.7 Å². The maximum absolute atomic E-state index is 11.9. The number of hydrogen-bond acceptors (Lipinski definition) is 6. The van der Waals surface area contributed by atoms with Crippen LogP contribution in [0.2, 0.25) is 0 Å². The molecule has 1 aliphatic rings. The molecule has 0 saturated carbocycles. The molecule has 1 aromatic heterocycles. The van der Waals surface area contributed by atoms with E-state index in [0.717, 1.165) is 0 Å². The predicted octanol–water partition coefficient (Wildman–Crippen LogP) is 0.876. The first-order chi connectivity index (χ1) is 10.6. The van der Waals surface area contributed by atoms with Gasteiger partial charge in [0.2, 0.25) is 11.8 Å². The van der Waals surface area contributed by atoms with Crippen molar-refractivity contribution in [2.75, 3.05) is 18.9 Å². The van der Waals surface area contributed by atoms with E-state index in [9.17, 15) is 14.4 Å². The van der Waals surface area contributed by atoms with Crippen molar-refractivity contribution in [2.45, 2.75) is 13.5 Å². The van der Waals surface area contributed by atoms with Gasteiger partial charge in [-0.2, -0.15) is 0 Å². The summed E-state index contributed by atoms with van der Waals surface area (Å²) in [6, 6.07) is 3.46. The van der Waals surface area contributed by atoms with Gasteiger partial charge in [0.05, 0.1) is 36.3 Å². The molecule has 1 saturated heterocycles. The normalized spacial score (nSPS) is 16.1. The van der Waals surface area contributed by atoms with Crippen LogP contribution in [-0.4, -0.2) is 41.6 Å². The van der Waals surface area contributed by atoms with Gasteiger partial charge in [-0.15, -0.1) is 0 Å². The SMILES string of the molecule is CCOC(=O)/C=C1\SCC(=O)N1CC(=O)NCc1ccco1. The summed E-state index contributed by atoms with van der Waals surface area (Å²) >= 11 is 1.21. The quantitative estimate of drug-likeness (QED) is 0.617. The molecular formula is C14H16N2O5S. The summed E-state index contributed by atoms with van der Waals surface area (Å²) in [5, 5.41) is 3.08. The first-order valence-corrected chi connectivity index (χ1v) is 7.69. The summed E-state index contributed by atoms with van der Waals surface area (Å²) in [6.07, 6.45) is 2.75. The van der Waals surface area contributed by atoms with Gasteiger partial charge >= 0.3 is 5.97 Å². The summed E-state index contributed by atoms with van der Waals surface area (Å²) in [5.41, 5.74) is 0. The third kappa shape index (κ3) is 4.39. The van der Waals surface area contributed by atoms with E-state index >= 15 is 0 Å². The van der Waals surface area contributed by atoms with Crippen molar-refractivity contribution in [2.24, 2.45) is 0 Å². The van der Waals surface area contributed by atoms with Gasteiger partial charge in [0.1, 0.15) is 12.3 Å². The van der Waals surface area contributed by atoms with Crippen molar-refractivity contribution in [1.82, 2.24) is 10.2 Å². The Morgan fingerprint density at radius 2 is 2.36 bits per heavy atom. The maximum atomic E-state index is 11.9. The van der Waals surface area contributed by atoms with Gasteiger partial charge in [0, 0.05) is 0 Å². The zero-order chi connectivity index (χ0) is 15.9. The largest absolute Gasteiger partial charge is 0.467 e. The summed E-state index contributed by atoms with van der Waals surface area (Å²) < 4.78 is 9.91. The minimum absolute atomic E-state index is 0.141. The number of nitrogens with zero attached hydrogens (tertiary/aromatic N) is 1. The molecule has 1 N–H and O–H groups in total. The Morgan fingerprint density at radius 1 is 1.55 bits per heavy atom. The van der Waals surface area contributed by atoms with Crippen molar-refractivity contribution in [1.29, 1.82) is 0 Å². The van der Waals surface area contributed by atoms with Gasteiger partial charge in [-0.25, -0.2) is 4.79 Å². The summed E-state index contributed by atoms with van der Waals surface area (Å²) in [4.78, 5) is 36.4. The van der Waals surface area contributed by atoms with Crippen LogP contribution in [0.5, 0.6) is 0 Å². The Labute approximate surface area is 131 Å². The lowest BCUT2D eigenvalue weighted by Gasteiger charge is -2.16. The number of hydrogen-bond donors (Lipinski definition) is 1. The molecule has 0 radical (unpaired) electrons. The molecule has 0 bridgehead atoms. The Bertz CT molecular complexity index is 582. The molecule has 0 aliphatic carbocycles. The summed E-state index contributed by atoms with van der Waals surface area (Å²) in [5.74, 6) is -0.245. The lowest BCUT2D eigenvalue weighted by atomic mass is 10.4. The van der Waals surface area contributed by atoms with E-state index in [-0.39, 0.29) is 37.3 Å². The van der Waals surface area contributed by atoms with E-state index in [0.29, 0.717) is 10.8 Å². The van der Waals surface area contributed by atoms with E-state index < -0.39 is 5.97 Å². The third-order valence-corrected chi connectivity index (χ3v) is 3.81. The minimum atomic E-state index is -0.527. The highest BCUT2D eigenvalue weighted by molar-refractivity contribution is 8.04. The van der Waals surface area contributed by atoms with Crippen LogP contribution in [0.25, 0.3) is 0 Å². The van der Waals surface area contributed by atoms with Crippen molar-refractivity contribution in [3.63, 3.8) is 0 Å². The van der Waals surface area contributed by atoms with Crippen molar-refractivity contribution in [3.8, 4) is 0 Å². The monoisotopic (exact) mass is 324 g/mol. The second kappa shape index (κ2) is 7.69. The van der Waals surface area contributed by atoms with Crippen molar-refractivity contribution < 1.29 is 23.5 Å². The topological polar surface area (TPSA) is 88.9 Å². The number of carbonyl (C=O) groups is 3. The predicted molar refractivity (Wildman–Crippen MR) is 79.4 cm³/mol. The highest BCUT2D eigenvalue weighted by atomic mass is 32.2. The molecule has 0 unspecified atom stereocenters. The van der Waals surface area contributed by atoms with E-state index in [1.165, 1.54) is 29.0 Å². The maximum Gasteiger partial charge on any atom is 0.333 e. The van der Waals surface area contributed by atoms with Crippen molar-refractivity contribution in [3.05, 3.63) is 35.3 Å². The highest BCUT2D eigenvalue weighted by Crippen LogP contribution is 2.28. The van der Waals surface area contributed by atoms with Gasteiger partial charge in [-0.3, -0.25) is 14.5 Å². The molecular weight excluding hydrogens is 308 g/mol. The number of nitrogens with one attached hydrogen (secondary N) is 1. The zero-order valence-electron chi connectivity index (χ0n) is 12.0. The molecule has 8 heteroatoms. The summed E-state index contributed by atoms with van der Waals surface area (Å²) in [6.45, 7) is 2.06. The van der Waals surface area contributed by atoms with Crippen LogP contribution in [-0.2, 0) is 25.7 Å². The van der Waals surface area contributed by atoms with E-state index in [1.807, 2.05) is 0 Å². The molecule has 2 amide bonds. The lowest BCUT2D eigenvalue weighted by molar-refractivity contribution is -0.137. The van der Waals surface area contributed by atoms with Gasteiger partial charge < -0.3 is 14.5 Å². The van der Waals surface area contributed by atoms with Gasteiger partial charge in [-0.05, 0) is 19.1 Å². The fraction of sp³-hybridized carbons (Fsp3) is 0.357. The van der Waals surface area contributed by atoms with Crippen LogP contribution in [0, 0.1) is 0 Å². The Hall–Kier alpha value is -2.22. The summed E-state index contributed by atoms with van der Waals surface area (Å²) in [7, 11) is 0. The van der Waals surface area contributed by atoms with Crippen LogP contribution >= 0.6 is 11.8 Å². The molecule has 2 rings (SSSR count). The Morgan fingerprint density at radius 3 is 3.05 bits per heavy atom. The Balaban J connectivity index is 1.91. The third-order valence-electron chi connectivity index (χ3n) is 2.78. The number of ether oxygens (including phenoxy) is 1. The lowest BCUT2D eigenvalue weighted by Crippen LogP contribution is -2.37. The number of thioether (sulfide) groups is 1. The molecule has 118 valence electrons. The number of carbonyl (C=O) groups excluding carboxylic acids is 3. The van der Waals surface area contributed by atoms with Gasteiger partial charge in [0.25, 0.3) is 0 Å². The molecule has 1 aliphatic heterocycles. The molecule has 0 spiro atoms. The van der Waals surface area contributed by atoms with Crippen LogP contribution < -0.4 is 5.32 Å². The molecule has 2 heterocycles. The average Bonchev–Trinajstić information content (AvgIpc) is 3.10. The first kappa shape index (κ1) is 16.2. The van der Waals surface area contributed by atoms with Crippen LogP contribution in [0.15, 0.2) is 33.9 Å². The second-order valence-corrected chi connectivity index (χ2v) is 5.35. The standard InChI is InChI=1S/C14H16N2O5S/c1-2-20-14(19)6-13-16(12(18)9-22-13)8-11(17)15-7-10-4-3-5-21-10/h3-6H,2,7-9H2,1H3,(H,15,17)/b13-6-. The minimum Gasteiger partial charge on any atom is -0.467 e.